The van der Waals surface area contributed by atoms with Gasteiger partial charge in [-0.3, -0.25) is 4.79 Å². The zero-order valence-electron chi connectivity index (χ0n) is 10.4. The maximum atomic E-state index is 12.2. The van der Waals surface area contributed by atoms with Crippen molar-refractivity contribution in [2.75, 3.05) is 13.1 Å². The minimum atomic E-state index is -0.465. The van der Waals surface area contributed by atoms with Crippen molar-refractivity contribution in [1.82, 2.24) is 5.32 Å². The molecule has 0 bridgehead atoms. The zero-order chi connectivity index (χ0) is 12.2. The lowest BCUT2D eigenvalue weighted by molar-refractivity contribution is -0.169. The van der Waals surface area contributed by atoms with Gasteiger partial charge >= 0.3 is 5.97 Å². The van der Waals surface area contributed by atoms with E-state index in [1.54, 1.807) is 0 Å². The van der Waals surface area contributed by atoms with Crippen LogP contribution in [0.4, 0.5) is 0 Å². The Morgan fingerprint density at radius 3 is 2.44 bits per heavy atom. The maximum absolute atomic E-state index is 12.2. The van der Waals surface area contributed by atoms with E-state index in [0.29, 0.717) is 6.42 Å². The lowest BCUT2D eigenvalue weighted by atomic mass is 9.76. The Hall–Kier alpha value is -1.01. The van der Waals surface area contributed by atoms with Crippen LogP contribution in [0.3, 0.4) is 0 Å². The molecule has 1 N–H and O–H groups in total. The van der Waals surface area contributed by atoms with Gasteiger partial charge in [-0.2, -0.15) is 0 Å². The van der Waals surface area contributed by atoms with E-state index in [2.05, 4.69) is 11.2 Å². The zero-order valence-corrected chi connectivity index (χ0v) is 10.4. The van der Waals surface area contributed by atoms with Gasteiger partial charge in [-0.25, -0.2) is 0 Å². The molecule has 1 aliphatic heterocycles. The fraction of sp³-hybridized carbons (Fsp3) is 0.769. The predicted octanol–water partition coefficient (Wildman–Crippen LogP) is 1.72. The summed E-state index contributed by atoms with van der Waals surface area (Å²) in [5.74, 6) is 2.48. The van der Waals surface area contributed by atoms with E-state index < -0.39 is 11.0 Å². The number of rotatable bonds is 2. The third kappa shape index (κ3) is 3.24. The number of hydrogen-bond donors (Lipinski definition) is 1. The van der Waals surface area contributed by atoms with Crippen LogP contribution in [-0.2, 0) is 9.53 Å². The van der Waals surface area contributed by atoms with E-state index >= 15 is 0 Å². The summed E-state index contributed by atoms with van der Waals surface area (Å²) in [5, 5.41) is 3.24. The average molecular weight is 223 g/mol. The molecule has 3 nitrogen and oxygen atoms in total. The van der Waals surface area contributed by atoms with Gasteiger partial charge in [0.15, 0.2) is 0 Å². The highest BCUT2D eigenvalue weighted by Gasteiger charge is 2.41. The molecule has 1 heterocycles. The van der Waals surface area contributed by atoms with E-state index in [0.717, 1.165) is 25.9 Å². The Morgan fingerprint density at radius 2 is 2.00 bits per heavy atom. The Balaban J connectivity index is 2.77. The fourth-order valence-electron chi connectivity index (χ4n) is 1.94. The second-order valence-electron chi connectivity index (χ2n) is 5.41. The van der Waals surface area contributed by atoms with E-state index in [1.165, 1.54) is 0 Å². The first-order valence-corrected chi connectivity index (χ1v) is 5.77. The molecule has 0 atom stereocenters. The molecule has 16 heavy (non-hydrogen) atoms. The topological polar surface area (TPSA) is 38.3 Å². The van der Waals surface area contributed by atoms with E-state index in [1.807, 2.05) is 20.8 Å². The Kier molecular flexibility index (Phi) is 3.98. The molecular weight excluding hydrogens is 202 g/mol. The van der Waals surface area contributed by atoms with E-state index in [4.69, 9.17) is 11.2 Å². The van der Waals surface area contributed by atoms with Crippen LogP contribution in [0, 0.1) is 17.8 Å². The van der Waals surface area contributed by atoms with Crippen molar-refractivity contribution >= 4 is 5.97 Å². The number of carbonyl (C=O) groups is 1. The highest BCUT2D eigenvalue weighted by Crippen LogP contribution is 2.35. The molecular formula is C13H21NO2. The monoisotopic (exact) mass is 223 g/mol. The second-order valence-corrected chi connectivity index (χ2v) is 5.41. The molecule has 0 aromatic rings. The Morgan fingerprint density at radius 1 is 1.44 bits per heavy atom. The third-order valence-electron chi connectivity index (χ3n) is 2.83. The highest BCUT2D eigenvalue weighted by atomic mass is 16.6. The van der Waals surface area contributed by atoms with E-state index in [-0.39, 0.29) is 5.97 Å². The first kappa shape index (κ1) is 13.1. The molecule has 0 aromatic heterocycles. The van der Waals surface area contributed by atoms with Crippen LogP contribution in [0.2, 0.25) is 0 Å². The first-order valence-electron chi connectivity index (χ1n) is 5.77. The maximum Gasteiger partial charge on any atom is 0.313 e. The summed E-state index contributed by atoms with van der Waals surface area (Å²) < 4.78 is 5.47. The molecule has 1 saturated heterocycles. The number of piperidine rings is 1. The summed E-state index contributed by atoms with van der Waals surface area (Å²) in [6.07, 6.45) is 7.38. The predicted molar refractivity (Wildman–Crippen MR) is 63.8 cm³/mol. The largest absolute Gasteiger partial charge is 0.460 e. The molecule has 0 aromatic carbocycles. The van der Waals surface area contributed by atoms with Crippen LogP contribution in [0.5, 0.6) is 0 Å². The first-order chi connectivity index (χ1) is 7.40. The quantitative estimate of drug-likeness (QED) is 0.572. The number of nitrogens with one attached hydrogen (secondary N) is 1. The van der Waals surface area contributed by atoms with Gasteiger partial charge in [-0.05, 0) is 46.7 Å². The lowest BCUT2D eigenvalue weighted by Crippen LogP contribution is -2.45. The van der Waals surface area contributed by atoms with Crippen molar-refractivity contribution < 1.29 is 9.53 Å². The van der Waals surface area contributed by atoms with Gasteiger partial charge in [0.05, 0.1) is 5.41 Å². The van der Waals surface area contributed by atoms with Gasteiger partial charge in [0.2, 0.25) is 0 Å². The van der Waals surface area contributed by atoms with Crippen molar-refractivity contribution in [3.8, 4) is 12.3 Å². The summed E-state index contributed by atoms with van der Waals surface area (Å²) in [6.45, 7) is 7.32. The molecule has 0 unspecified atom stereocenters. The molecule has 0 amide bonds. The summed E-state index contributed by atoms with van der Waals surface area (Å²) in [6, 6.07) is 0. The van der Waals surface area contributed by atoms with Crippen LogP contribution < -0.4 is 5.32 Å². The summed E-state index contributed by atoms with van der Waals surface area (Å²) >= 11 is 0. The van der Waals surface area contributed by atoms with Gasteiger partial charge in [0.1, 0.15) is 5.60 Å². The number of carbonyl (C=O) groups excluding carboxylic acids is 1. The van der Waals surface area contributed by atoms with E-state index in [9.17, 15) is 4.79 Å². The average Bonchev–Trinajstić information content (AvgIpc) is 2.17. The Labute approximate surface area is 97.9 Å². The van der Waals surface area contributed by atoms with Crippen molar-refractivity contribution in [2.45, 2.75) is 45.6 Å². The molecule has 0 saturated carbocycles. The van der Waals surface area contributed by atoms with Crippen LogP contribution in [0.1, 0.15) is 40.0 Å². The molecule has 1 aliphatic rings. The number of terminal acetylenes is 1. The van der Waals surface area contributed by atoms with Gasteiger partial charge in [0, 0.05) is 6.42 Å². The van der Waals surface area contributed by atoms with Crippen LogP contribution in [0.15, 0.2) is 0 Å². The molecule has 90 valence electrons. The van der Waals surface area contributed by atoms with Crippen molar-refractivity contribution in [3.05, 3.63) is 0 Å². The lowest BCUT2D eigenvalue weighted by Gasteiger charge is -2.36. The van der Waals surface area contributed by atoms with Crippen molar-refractivity contribution in [1.29, 1.82) is 0 Å². The normalized spacial score (nSPS) is 19.9. The van der Waals surface area contributed by atoms with Crippen molar-refractivity contribution in [3.63, 3.8) is 0 Å². The molecule has 0 spiro atoms. The summed E-state index contributed by atoms with van der Waals surface area (Å²) in [4.78, 5) is 12.2. The SMILES string of the molecule is C#CCC1(C(=O)OC(C)(C)C)CCNCC1. The minimum Gasteiger partial charge on any atom is -0.460 e. The summed E-state index contributed by atoms with van der Waals surface area (Å²) in [5.41, 5.74) is -0.906. The molecule has 0 aliphatic carbocycles. The Bertz CT molecular complexity index is 290. The number of esters is 1. The van der Waals surface area contributed by atoms with Crippen LogP contribution >= 0.6 is 0 Å². The molecule has 3 heteroatoms. The van der Waals surface area contributed by atoms with Crippen LogP contribution in [0.25, 0.3) is 0 Å². The van der Waals surface area contributed by atoms with Gasteiger partial charge in [-0.15, -0.1) is 12.3 Å². The third-order valence-corrected chi connectivity index (χ3v) is 2.83. The van der Waals surface area contributed by atoms with Crippen LogP contribution in [-0.4, -0.2) is 24.7 Å². The number of ether oxygens (including phenoxy) is 1. The molecule has 1 fully saturated rings. The second kappa shape index (κ2) is 4.88. The number of hydrogen-bond acceptors (Lipinski definition) is 3. The fourth-order valence-corrected chi connectivity index (χ4v) is 1.94. The van der Waals surface area contributed by atoms with Gasteiger partial charge in [-0.1, -0.05) is 0 Å². The van der Waals surface area contributed by atoms with Gasteiger partial charge < -0.3 is 10.1 Å². The standard InChI is InChI=1S/C13H21NO2/c1-5-6-13(7-9-14-10-8-13)11(15)16-12(2,3)4/h1,14H,6-10H2,2-4H3. The highest BCUT2D eigenvalue weighted by molar-refractivity contribution is 5.77. The molecule has 1 rings (SSSR count). The van der Waals surface area contributed by atoms with Crippen molar-refractivity contribution in [2.24, 2.45) is 5.41 Å². The smallest absolute Gasteiger partial charge is 0.313 e. The summed E-state index contributed by atoms with van der Waals surface area (Å²) in [7, 11) is 0. The minimum absolute atomic E-state index is 0.139. The molecule has 0 radical (unpaired) electrons. The van der Waals surface area contributed by atoms with Gasteiger partial charge in [0.25, 0.3) is 0 Å².